The largest absolute Gasteiger partial charge is 0.256 e. The van der Waals surface area contributed by atoms with Crippen molar-refractivity contribution in [2.45, 2.75) is 0 Å². The minimum Gasteiger partial charge on any atom is -0.256 e. The molecule has 52 heavy (non-hydrogen) atoms. The molecule has 4 heterocycles. The molecule has 0 aliphatic rings. The molecular weight excluding hydrogens is 633 g/mol. The Kier molecular flexibility index (Phi) is 7.10. The lowest BCUT2D eigenvalue weighted by Gasteiger charge is -2.14. The molecule has 242 valence electrons. The second kappa shape index (κ2) is 12.4. The van der Waals surface area contributed by atoms with Crippen molar-refractivity contribution in [3.8, 4) is 56.0 Å². The summed E-state index contributed by atoms with van der Waals surface area (Å²) >= 11 is 0. The Balaban J connectivity index is 1.12. The zero-order valence-electron chi connectivity index (χ0n) is 28.1. The molecule has 10 rings (SSSR count). The van der Waals surface area contributed by atoms with Gasteiger partial charge in [0.2, 0.25) is 0 Å². The first-order valence-electron chi connectivity index (χ1n) is 17.4. The van der Waals surface area contributed by atoms with Crippen LogP contribution in [0.4, 0.5) is 0 Å². The number of hydrogen-bond donors (Lipinski definition) is 0. The van der Waals surface area contributed by atoms with Crippen LogP contribution in [-0.2, 0) is 0 Å². The molecular formula is C48H30N4. The highest BCUT2D eigenvalue weighted by Crippen LogP contribution is 2.38. The van der Waals surface area contributed by atoms with E-state index in [0.717, 1.165) is 99.4 Å². The second-order valence-electron chi connectivity index (χ2n) is 13.2. The van der Waals surface area contributed by atoms with E-state index in [1.54, 1.807) is 0 Å². The molecule has 0 fully saturated rings. The SMILES string of the molecule is c1ccc(-c2cc(-c3ccc(-c4cc(-c5cc6ccccc6cn5)cc(-c5cc6ccccc6cn5)c4)cc3)c3ccc4cccnc4c3n2)cc1. The van der Waals surface area contributed by atoms with Crippen LogP contribution in [0.3, 0.4) is 0 Å². The zero-order valence-corrected chi connectivity index (χ0v) is 28.1. The van der Waals surface area contributed by atoms with Gasteiger partial charge in [-0.1, -0.05) is 121 Å². The Morgan fingerprint density at radius 2 is 0.885 bits per heavy atom. The fourth-order valence-corrected chi connectivity index (χ4v) is 7.24. The maximum atomic E-state index is 5.17. The first-order valence-corrected chi connectivity index (χ1v) is 17.4. The summed E-state index contributed by atoms with van der Waals surface area (Å²) < 4.78 is 0. The third-order valence-corrected chi connectivity index (χ3v) is 9.94. The molecule has 4 heteroatoms. The van der Waals surface area contributed by atoms with E-state index >= 15 is 0 Å². The van der Waals surface area contributed by atoms with Crippen molar-refractivity contribution in [2.75, 3.05) is 0 Å². The molecule has 0 spiro atoms. The lowest BCUT2D eigenvalue weighted by atomic mass is 9.93. The first kappa shape index (κ1) is 29.8. The third kappa shape index (κ3) is 5.34. The van der Waals surface area contributed by atoms with Crippen molar-refractivity contribution in [2.24, 2.45) is 0 Å². The Hall–Kier alpha value is -7.04. The second-order valence-corrected chi connectivity index (χ2v) is 13.2. The molecule has 0 aliphatic heterocycles. The Bertz CT molecular complexity index is 2850. The normalized spacial score (nSPS) is 11.5. The van der Waals surface area contributed by atoms with E-state index in [1.807, 2.05) is 42.9 Å². The van der Waals surface area contributed by atoms with Gasteiger partial charge in [-0.25, -0.2) is 4.98 Å². The van der Waals surface area contributed by atoms with E-state index in [-0.39, 0.29) is 0 Å². The number of pyridine rings is 4. The zero-order chi connectivity index (χ0) is 34.4. The summed E-state index contributed by atoms with van der Waals surface area (Å²) in [5.74, 6) is 0. The average Bonchev–Trinajstić information content (AvgIpc) is 3.23. The van der Waals surface area contributed by atoms with Crippen LogP contribution < -0.4 is 0 Å². The average molecular weight is 663 g/mol. The van der Waals surface area contributed by atoms with Gasteiger partial charge in [0.1, 0.15) is 0 Å². The molecule has 4 nitrogen and oxygen atoms in total. The van der Waals surface area contributed by atoms with E-state index in [2.05, 4.69) is 140 Å². The molecule has 0 bridgehead atoms. The highest BCUT2D eigenvalue weighted by atomic mass is 14.8. The smallest absolute Gasteiger partial charge is 0.0978 e. The van der Waals surface area contributed by atoms with Crippen LogP contribution in [0, 0.1) is 0 Å². The van der Waals surface area contributed by atoms with E-state index in [4.69, 9.17) is 19.9 Å². The number of rotatable bonds is 5. The van der Waals surface area contributed by atoms with E-state index in [0.29, 0.717) is 0 Å². The Morgan fingerprint density at radius 3 is 1.56 bits per heavy atom. The van der Waals surface area contributed by atoms with Gasteiger partial charge in [0.15, 0.2) is 0 Å². The number of benzene rings is 6. The number of fused-ring (bicyclic) bond motifs is 5. The topological polar surface area (TPSA) is 51.6 Å². The van der Waals surface area contributed by atoms with Gasteiger partial charge < -0.3 is 0 Å². The summed E-state index contributed by atoms with van der Waals surface area (Å²) in [6, 6.07) is 57.6. The molecule has 6 aromatic carbocycles. The number of nitrogens with zero attached hydrogens (tertiary/aromatic N) is 4. The van der Waals surface area contributed by atoms with Gasteiger partial charge >= 0.3 is 0 Å². The molecule has 0 amide bonds. The number of aromatic nitrogens is 4. The van der Waals surface area contributed by atoms with Crippen molar-refractivity contribution in [1.82, 2.24) is 19.9 Å². The molecule has 10 aromatic rings. The molecule has 0 N–H and O–H groups in total. The van der Waals surface area contributed by atoms with Crippen molar-refractivity contribution in [3.05, 3.63) is 182 Å². The predicted octanol–water partition coefficient (Wildman–Crippen LogP) is 12.2. The molecule has 0 radical (unpaired) electrons. The molecule has 4 aromatic heterocycles. The number of hydrogen-bond acceptors (Lipinski definition) is 4. The standard InChI is InChI=1S/C48H30N4/c1-2-9-33(10-3-1)46-28-43(42-21-20-34-15-8-22-49-47(34)48(42)52-46)32-18-16-31(17-19-32)39-23-40(44-26-35-11-4-6-13-37(35)29-50-44)25-41(24-39)45-27-36-12-5-7-14-38(36)30-51-45/h1-30H. The fraction of sp³-hybridized carbons (Fsp3) is 0. The fourth-order valence-electron chi connectivity index (χ4n) is 7.24. The van der Waals surface area contributed by atoms with Gasteiger partial charge in [-0.15, -0.1) is 0 Å². The molecule has 0 saturated heterocycles. The minimum absolute atomic E-state index is 0.904. The van der Waals surface area contributed by atoms with Crippen molar-refractivity contribution in [3.63, 3.8) is 0 Å². The van der Waals surface area contributed by atoms with Crippen LogP contribution in [-0.4, -0.2) is 19.9 Å². The third-order valence-electron chi connectivity index (χ3n) is 9.94. The predicted molar refractivity (Wildman–Crippen MR) is 215 cm³/mol. The minimum atomic E-state index is 0.904. The highest BCUT2D eigenvalue weighted by Gasteiger charge is 2.15. The van der Waals surface area contributed by atoms with E-state index in [1.165, 1.54) is 0 Å². The van der Waals surface area contributed by atoms with Gasteiger partial charge in [-0.05, 0) is 75.5 Å². The van der Waals surface area contributed by atoms with Gasteiger partial charge in [0.25, 0.3) is 0 Å². The summed E-state index contributed by atoms with van der Waals surface area (Å²) in [6.07, 6.45) is 5.76. The Morgan fingerprint density at radius 1 is 0.308 bits per heavy atom. The maximum Gasteiger partial charge on any atom is 0.0978 e. The monoisotopic (exact) mass is 662 g/mol. The molecule has 0 aliphatic carbocycles. The first-order chi connectivity index (χ1) is 25.7. The van der Waals surface area contributed by atoms with Gasteiger partial charge in [0.05, 0.1) is 28.1 Å². The summed E-state index contributed by atoms with van der Waals surface area (Å²) in [4.78, 5) is 19.7. The summed E-state index contributed by atoms with van der Waals surface area (Å²) in [5, 5.41) is 6.72. The molecule has 0 saturated carbocycles. The highest BCUT2D eigenvalue weighted by molar-refractivity contribution is 6.09. The van der Waals surface area contributed by atoms with Crippen LogP contribution in [0.15, 0.2) is 182 Å². The van der Waals surface area contributed by atoms with Gasteiger partial charge in [-0.3, -0.25) is 15.0 Å². The van der Waals surface area contributed by atoms with E-state index < -0.39 is 0 Å². The molecule has 0 atom stereocenters. The maximum absolute atomic E-state index is 5.17. The van der Waals surface area contributed by atoms with Crippen molar-refractivity contribution in [1.29, 1.82) is 0 Å². The summed E-state index contributed by atoms with van der Waals surface area (Å²) in [5.41, 5.74) is 12.2. The lowest BCUT2D eigenvalue weighted by molar-refractivity contribution is 1.34. The quantitative estimate of drug-likeness (QED) is 0.172. The lowest BCUT2D eigenvalue weighted by Crippen LogP contribution is -1.93. The Labute approximate surface area is 300 Å². The van der Waals surface area contributed by atoms with Crippen LogP contribution in [0.25, 0.3) is 99.4 Å². The van der Waals surface area contributed by atoms with Crippen molar-refractivity contribution >= 4 is 43.4 Å². The van der Waals surface area contributed by atoms with E-state index in [9.17, 15) is 0 Å². The van der Waals surface area contributed by atoms with Gasteiger partial charge in [0, 0.05) is 56.8 Å². The summed E-state index contributed by atoms with van der Waals surface area (Å²) in [7, 11) is 0. The van der Waals surface area contributed by atoms with Gasteiger partial charge in [-0.2, -0.15) is 0 Å². The van der Waals surface area contributed by atoms with Crippen LogP contribution in [0.5, 0.6) is 0 Å². The molecule has 0 unspecified atom stereocenters. The van der Waals surface area contributed by atoms with Crippen LogP contribution in [0.2, 0.25) is 0 Å². The van der Waals surface area contributed by atoms with Crippen molar-refractivity contribution < 1.29 is 0 Å². The van der Waals surface area contributed by atoms with Crippen LogP contribution >= 0.6 is 0 Å². The summed E-state index contributed by atoms with van der Waals surface area (Å²) in [6.45, 7) is 0. The van der Waals surface area contributed by atoms with Crippen LogP contribution in [0.1, 0.15) is 0 Å².